The van der Waals surface area contributed by atoms with Gasteiger partial charge in [0.05, 0.1) is 11.4 Å². The van der Waals surface area contributed by atoms with Crippen molar-refractivity contribution in [3.8, 4) is 0 Å². The van der Waals surface area contributed by atoms with Gasteiger partial charge in [-0.1, -0.05) is 6.07 Å². The number of likely N-dealkylation sites (tertiary alicyclic amines) is 1. The maximum atomic E-state index is 12.4. The van der Waals surface area contributed by atoms with Crippen LogP contribution in [-0.4, -0.2) is 33.9 Å². The van der Waals surface area contributed by atoms with E-state index in [9.17, 15) is 4.79 Å². The monoisotopic (exact) mass is 287 g/mol. The molecule has 1 aliphatic rings. The van der Waals surface area contributed by atoms with Crippen LogP contribution >= 0.6 is 11.3 Å². The Bertz CT molecular complexity index is 556. The summed E-state index contributed by atoms with van der Waals surface area (Å²) in [6.07, 6.45) is 7.97. The van der Waals surface area contributed by atoms with Gasteiger partial charge in [-0.2, -0.15) is 0 Å². The number of aromatic nitrogens is 2. The predicted octanol–water partition coefficient (Wildman–Crippen LogP) is 2.49. The Balaban J connectivity index is 1.63. The van der Waals surface area contributed by atoms with Gasteiger partial charge in [-0.15, -0.1) is 11.3 Å². The number of carbonyl (C=O) groups is 1. The first-order chi connectivity index (χ1) is 9.83. The molecule has 3 heterocycles. The van der Waals surface area contributed by atoms with Crippen LogP contribution in [0.3, 0.4) is 0 Å². The van der Waals surface area contributed by atoms with Crippen molar-refractivity contribution >= 4 is 17.2 Å². The first kappa shape index (κ1) is 13.2. The molecule has 1 saturated heterocycles. The highest BCUT2D eigenvalue weighted by Gasteiger charge is 2.26. The number of thiazole rings is 1. The number of rotatable bonds is 3. The molecule has 2 aromatic heterocycles. The number of pyridine rings is 1. The van der Waals surface area contributed by atoms with E-state index in [2.05, 4.69) is 9.97 Å². The summed E-state index contributed by atoms with van der Waals surface area (Å²) in [5.41, 5.74) is 0.980. The summed E-state index contributed by atoms with van der Waals surface area (Å²) in [6.45, 7) is 1.66. The minimum Gasteiger partial charge on any atom is -0.342 e. The van der Waals surface area contributed by atoms with E-state index >= 15 is 0 Å². The van der Waals surface area contributed by atoms with Gasteiger partial charge in [0, 0.05) is 43.0 Å². The number of piperidine rings is 1. The van der Waals surface area contributed by atoms with Crippen molar-refractivity contribution < 1.29 is 4.79 Å². The fraction of sp³-hybridized carbons (Fsp3) is 0.400. The van der Waals surface area contributed by atoms with Crippen molar-refractivity contribution in [3.05, 3.63) is 46.7 Å². The lowest BCUT2D eigenvalue weighted by Gasteiger charge is -2.32. The zero-order valence-electron chi connectivity index (χ0n) is 11.2. The normalized spacial score (nSPS) is 19.0. The van der Waals surface area contributed by atoms with Crippen molar-refractivity contribution in [2.45, 2.75) is 25.2 Å². The standard InChI is InChI=1S/C15H17N3OS/c19-14(9-12-3-1-5-16-10-12)18-7-2-4-13(11-18)15-17-6-8-20-15/h1,3,5-6,8,10,13H,2,4,7,9,11H2/t13-/m0/s1. The van der Waals surface area contributed by atoms with Crippen LogP contribution in [-0.2, 0) is 11.2 Å². The molecule has 20 heavy (non-hydrogen) atoms. The molecule has 2 aromatic rings. The topological polar surface area (TPSA) is 46.1 Å². The molecular formula is C15H17N3OS. The first-order valence-corrected chi connectivity index (χ1v) is 7.77. The molecule has 5 heteroatoms. The third-order valence-corrected chi connectivity index (χ3v) is 4.59. The van der Waals surface area contributed by atoms with E-state index in [0.717, 1.165) is 36.5 Å². The van der Waals surface area contributed by atoms with Crippen molar-refractivity contribution in [2.24, 2.45) is 0 Å². The van der Waals surface area contributed by atoms with Gasteiger partial charge in [0.1, 0.15) is 0 Å². The summed E-state index contributed by atoms with van der Waals surface area (Å²) in [5.74, 6) is 0.598. The van der Waals surface area contributed by atoms with E-state index < -0.39 is 0 Å². The average molecular weight is 287 g/mol. The Labute approximate surface area is 122 Å². The van der Waals surface area contributed by atoms with Crippen LogP contribution < -0.4 is 0 Å². The molecule has 1 fully saturated rings. The molecular weight excluding hydrogens is 270 g/mol. The number of carbonyl (C=O) groups excluding carboxylic acids is 1. The quantitative estimate of drug-likeness (QED) is 0.871. The third-order valence-electron chi connectivity index (χ3n) is 3.65. The number of nitrogens with zero attached hydrogens (tertiary/aromatic N) is 3. The highest BCUT2D eigenvalue weighted by molar-refractivity contribution is 7.09. The molecule has 104 valence electrons. The molecule has 1 atom stereocenters. The summed E-state index contributed by atoms with van der Waals surface area (Å²) in [6, 6.07) is 3.82. The Hall–Kier alpha value is -1.75. The molecule has 0 saturated carbocycles. The summed E-state index contributed by atoms with van der Waals surface area (Å²) < 4.78 is 0. The first-order valence-electron chi connectivity index (χ1n) is 6.89. The highest BCUT2D eigenvalue weighted by atomic mass is 32.1. The van der Waals surface area contributed by atoms with Gasteiger partial charge in [0.2, 0.25) is 5.91 Å². The van der Waals surface area contributed by atoms with Crippen molar-refractivity contribution in [3.63, 3.8) is 0 Å². The Kier molecular flexibility index (Phi) is 4.06. The summed E-state index contributed by atoms with van der Waals surface area (Å²) in [4.78, 5) is 22.8. The summed E-state index contributed by atoms with van der Waals surface area (Å²) >= 11 is 1.69. The van der Waals surface area contributed by atoms with Crippen LogP contribution in [0.2, 0.25) is 0 Å². The molecule has 1 amide bonds. The van der Waals surface area contributed by atoms with Crippen molar-refractivity contribution in [1.82, 2.24) is 14.9 Å². The lowest BCUT2D eigenvalue weighted by Crippen LogP contribution is -2.39. The van der Waals surface area contributed by atoms with E-state index in [1.165, 1.54) is 0 Å². The lowest BCUT2D eigenvalue weighted by molar-refractivity contribution is -0.131. The van der Waals surface area contributed by atoms with E-state index in [4.69, 9.17) is 0 Å². The van der Waals surface area contributed by atoms with Crippen LogP contribution in [0.15, 0.2) is 36.1 Å². The zero-order valence-corrected chi connectivity index (χ0v) is 12.1. The van der Waals surface area contributed by atoms with Crippen molar-refractivity contribution in [1.29, 1.82) is 0 Å². The van der Waals surface area contributed by atoms with Gasteiger partial charge in [0.25, 0.3) is 0 Å². The Morgan fingerprint density at radius 3 is 3.15 bits per heavy atom. The number of hydrogen-bond donors (Lipinski definition) is 0. The van der Waals surface area contributed by atoms with Crippen LogP contribution in [0.25, 0.3) is 0 Å². The molecule has 0 N–H and O–H groups in total. The fourth-order valence-corrected chi connectivity index (χ4v) is 3.40. The predicted molar refractivity (Wildman–Crippen MR) is 78.6 cm³/mol. The SMILES string of the molecule is O=C(Cc1cccnc1)N1CCC[C@H](c2nccs2)C1. The molecule has 0 aliphatic carbocycles. The maximum Gasteiger partial charge on any atom is 0.227 e. The second kappa shape index (κ2) is 6.13. The number of amides is 1. The highest BCUT2D eigenvalue weighted by Crippen LogP contribution is 2.28. The van der Waals surface area contributed by atoms with Crippen molar-refractivity contribution in [2.75, 3.05) is 13.1 Å². The molecule has 0 bridgehead atoms. The van der Waals surface area contributed by atoms with E-state index in [-0.39, 0.29) is 5.91 Å². The van der Waals surface area contributed by atoms with Gasteiger partial charge in [-0.05, 0) is 24.5 Å². The minimum atomic E-state index is 0.194. The van der Waals surface area contributed by atoms with Gasteiger partial charge >= 0.3 is 0 Å². The largest absolute Gasteiger partial charge is 0.342 e. The van der Waals surface area contributed by atoms with Crippen LogP contribution in [0.5, 0.6) is 0 Å². The van der Waals surface area contributed by atoms with Crippen LogP contribution in [0.1, 0.15) is 29.3 Å². The molecule has 0 aromatic carbocycles. The molecule has 0 spiro atoms. The van der Waals surface area contributed by atoms with Crippen LogP contribution in [0.4, 0.5) is 0 Å². The smallest absolute Gasteiger partial charge is 0.227 e. The third kappa shape index (κ3) is 3.04. The molecule has 1 aliphatic heterocycles. The van der Waals surface area contributed by atoms with Gasteiger partial charge in [-0.3, -0.25) is 9.78 Å². The van der Waals surface area contributed by atoms with Crippen LogP contribution in [0, 0.1) is 0 Å². The average Bonchev–Trinajstić information content (AvgIpc) is 3.03. The molecule has 0 unspecified atom stereocenters. The van der Waals surface area contributed by atoms with E-state index in [1.54, 1.807) is 23.7 Å². The van der Waals surface area contributed by atoms with E-state index in [1.807, 2.05) is 28.6 Å². The maximum absolute atomic E-state index is 12.4. The van der Waals surface area contributed by atoms with Gasteiger partial charge in [0.15, 0.2) is 0 Å². The molecule has 3 rings (SSSR count). The lowest BCUT2D eigenvalue weighted by atomic mass is 9.98. The van der Waals surface area contributed by atoms with E-state index in [0.29, 0.717) is 12.3 Å². The Morgan fingerprint density at radius 1 is 1.45 bits per heavy atom. The number of hydrogen-bond acceptors (Lipinski definition) is 4. The summed E-state index contributed by atoms with van der Waals surface area (Å²) in [5, 5.41) is 3.16. The fourth-order valence-electron chi connectivity index (χ4n) is 2.63. The second-order valence-corrected chi connectivity index (χ2v) is 6.01. The summed E-state index contributed by atoms with van der Waals surface area (Å²) in [7, 11) is 0. The van der Waals surface area contributed by atoms with Gasteiger partial charge in [-0.25, -0.2) is 4.98 Å². The van der Waals surface area contributed by atoms with Gasteiger partial charge < -0.3 is 4.90 Å². The Morgan fingerprint density at radius 2 is 2.40 bits per heavy atom. The molecule has 4 nitrogen and oxygen atoms in total. The zero-order chi connectivity index (χ0) is 13.8. The molecule has 0 radical (unpaired) electrons. The minimum absolute atomic E-state index is 0.194. The second-order valence-electron chi connectivity index (χ2n) is 5.09.